The Kier molecular flexibility index (Phi) is 4.77. The number of halogens is 1. The summed E-state index contributed by atoms with van der Waals surface area (Å²) in [5, 5.41) is 27.2. The molecule has 0 radical (unpaired) electrons. The molecule has 8 nitrogen and oxygen atoms in total. The average molecular weight is 404 g/mol. The van der Waals surface area contributed by atoms with Crippen LogP contribution in [0.4, 0.5) is 15.8 Å². The first-order chi connectivity index (χ1) is 14.4. The van der Waals surface area contributed by atoms with Crippen LogP contribution in [0.2, 0.25) is 0 Å². The second-order valence-corrected chi connectivity index (χ2v) is 6.39. The molecule has 0 saturated heterocycles. The fraction of sp³-hybridized carbons (Fsp3) is 0. The Morgan fingerprint density at radius 3 is 2.13 bits per heavy atom. The van der Waals surface area contributed by atoms with Gasteiger partial charge in [-0.2, -0.15) is 5.10 Å². The van der Waals surface area contributed by atoms with Gasteiger partial charge in [-0.3, -0.25) is 20.2 Å². The molecule has 0 bridgehead atoms. The summed E-state index contributed by atoms with van der Waals surface area (Å²) >= 11 is 0. The Morgan fingerprint density at radius 2 is 1.50 bits per heavy atom. The lowest BCUT2D eigenvalue weighted by atomic mass is 10.1. The molecule has 30 heavy (non-hydrogen) atoms. The number of hydrogen-bond acceptors (Lipinski definition) is 5. The topological polar surface area (TPSA) is 104 Å². The molecule has 4 rings (SSSR count). The number of nitrogens with zero attached hydrogens (tertiary/aromatic N) is 4. The van der Waals surface area contributed by atoms with Crippen molar-refractivity contribution in [2.75, 3.05) is 0 Å². The summed E-state index contributed by atoms with van der Waals surface area (Å²) in [6, 6.07) is 19.9. The summed E-state index contributed by atoms with van der Waals surface area (Å²) in [5.74, 6) is -0.396. The van der Waals surface area contributed by atoms with E-state index in [4.69, 9.17) is 0 Å². The predicted molar refractivity (Wildman–Crippen MR) is 108 cm³/mol. The second-order valence-electron chi connectivity index (χ2n) is 6.39. The van der Waals surface area contributed by atoms with Gasteiger partial charge in [-0.05, 0) is 36.4 Å². The van der Waals surface area contributed by atoms with E-state index in [1.165, 1.54) is 28.9 Å². The van der Waals surface area contributed by atoms with Crippen molar-refractivity contribution in [3.8, 4) is 28.2 Å². The van der Waals surface area contributed by atoms with Gasteiger partial charge < -0.3 is 0 Å². The molecule has 0 atom stereocenters. The predicted octanol–water partition coefficient (Wildman–Crippen LogP) is 5.16. The van der Waals surface area contributed by atoms with Gasteiger partial charge in [-0.15, -0.1) is 0 Å². The molecule has 0 fully saturated rings. The molecule has 0 amide bonds. The third-order valence-corrected chi connectivity index (χ3v) is 4.51. The summed E-state index contributed by atoms with van der Waals surface area (Å²) in [6.07, 6.45) is 0. The lowest BCUT2D eigenvalue weighted by Gasteiger charge is -2.08. The highest BCUT2D eigenvalue weighted by Crippen LogP contribution is 2.34. The molecular formula is C21H13FN4O4. The molecule has 0 aliphatic rings. The highest BCUT2D eigenvalue weighted by atomic mass is 19.1. The summed E-state index contributed by atoms with van der Waals surface area (Å²) < 4.78 is 14.7. The van der Waals surface area contributed by atoms with Gasteiger partial charge in [0.1, 0.15) is 11.5 Å². The molecule has 0 aliphatic carbocycles. The van der Waals surface area contributed by atoms with Crippen molar-refractivity contribution in [3.63, 3.8) is 0 Å². The number of aromatic nitrogens is 2. The Morgan fingerprint density at radius 1 is 0.800 bits per heavy atom. The van der Waals surface area contributed by atoms with E-state index >= 15 is 0 Å². The number of non-ortho nitro benzene ring substituents is 1. The van der Waals surface area contributed by atoms with Crippen molar-refractivity contribution in [2.24, 2.45) is 0 Å². The minimum absolute atomic E-state index is 0.0813. The van der Waals surface area contributed by atoms with Gasteiger partial charge in [-0.25, -0.2) is 9.07 Å². The van der Waals surface area contributed by atoms with Gasteiger partial charge in [0.2, 0.25) is 0 Å². The zero-order valence-electron chi connectivity index (χ0n) is 15.3. The first kappa shape index (κ1) is 18.9. The van der Waals surface area contributed by atoms with Crippen molar-refractivity contribution >= 4 is 11.4 Å². The maximum Gasteiger partial charge on any atom is 0.301 e. The zero-order chi connectivity index (χ0) is 21.3. The van der Waals surface area contributed by atoms with Crippen LogP contribution in [0.1, 0.15) is 0 Å². The minimum atomic E-state index is -0.693. The molecule has 0 unspecified atom stereocenters. The Balaban J connectivity index is 1.96. The van der Waals surface area contributed by atoms with E-state index in [9.17, 15) is 24.6 Å². The second kappa shape index (κ2) is 7.55. The third kappa shape index (κ3) is 3.51. The quantitative estimate of drug-likeness (QED) is 0.337. The van der Waals surface area contributed by atoms with Gasteiger partial charge in [0.05, 0.1) is 27.3 Å². The zero-order valence-corrected chi connectivity index (χ0v) is 15.3. The molecule has 3 aromatic carbocycles. The smallest absolute Gasteiger partial charge is 0.258 e. The monoisotopic (exact) mass is 404 g/mol. The van der Waals surface area contributed by atoms with Crippen LogP contribution in [-0.4, -0.2) is 19.6 Å². The summed E-state index contributed by atoms with van der Waals surface area (Å²) in [4.78, 5) is 21.3. The first-order valence-electron chi connectivity index (χ1n) is 8.78. The van der Waals surface area contributed by atoms with Gasteiger partial charge in [0.25, 0.3) is 5.69 Å². The van der Waals surface area contributed by atoms with E-state index in [2.05, 4.69) is 5.10 Å². The molecule has 9 heteroatoms. The van der Waals surface area contributed by atoms with Crippen molar-refractivity contribution in [3.05, 3.63) is 105 Å². The molecular weight excluding hydrogens is 391 g/mol. The van der Waals surface area contributed by atoms with E-state index in [0.717, 1.165) is 11.6 Å². The van der Waals surface area contributed by atoms with Gasteiger partial charge in [0, 0.05) is 17.2 Å². The van der Waals surface area contributed by atoms with Crippen molar-refractivity contribution in [2.45, 2.75) is 0 Å². The lowest BCUT2D eigenvalue weighted by molar-refractivity contribution is -0.394. The summed E-state index contributed by atoms with van der Waals surface area (Å²) in [7, 11) is 0. The third-order valence-electron chi connectivity index (χ3n) is 4.51. The number of nitro groups is 2. The Labute approximate surface area is 169 Å². The average Bonchev–Trinajstić information content (AvgIpc) is 3.19. The highest BCUT2D eigenvalue weighted by molar-refractivity contribution is 5.72. The molecule has 0 spiro atoms. The van der Waals surface area contributed by atoms with Crippen molar-refractivity contribution in [1.29, 1.82) is 0 Å². The molecule has 0 saturated carbocycles. The van der Waals surface area contributed by atoms with Crippen molar-refractivity contribution in [1.82, 2.24) is 9.78 Å². The van der Waals surface area contributed by atoms with E-state index < -0.39 is 27.0 Å². The van der Waals surface area contributed by atoms with Crippen LogP contribution in [0.25, 0.3) is 28.2 Å². The molecule has 1 heterocycles. The van der Waals surface area contributed by atoms with E-state index in [1.807, 2.05) is 30.3 Å². The SMILES string of the molecule is O=[N+]([O-])c1ccc(-n2nc(-c3ccc(F)cc3)cc2-c2ccccc2)c([N+](=O)[O-])c1. The largest absolute Gasteiger partial charge is 0.301 e. The van der Waals surface area contributed by atoms with E-state index in [0.29, 0.717) is 17.0 Å². The molecule has 0 N–H and O–H groups in total. The Hall–Kier alpha value is -4.40. The summed E-state index contributed by atoms with van der Waals surface area (Å²) in [6.45, 7) is 0. The molecule has 1 aromatic heterocycles. The number of benzene rings is 3. The van der Waals surface area contributed by atoms with Crippen LogP contribution >= 0.6 is 0 Å². The number of nitro benzene ring substituents is 2. The molecule has 148 valence electrons. The maximum atomic E-state index is 13.3. The van der Waals surface area contributed by atoms with Crippen LogP contribution in [0, 0.1) is 26.0 Å². The van der Waals surface area contributed by atoms with Crippen LogP contribution in [-0.2, 0) is 0 Å². The van der Waals surface area contributed by atoms with E-state index in [-0.39, 0.29) is 5.69 Å². The molecule has 0 aliphatic heterocycles. The van der Waals surface area contributed by atoms with Crippen LogP contribution in [0.5, 0.6) is 0 Å². The highest BCUT2D eigenvalue weighted by Gasteiger charge is 2.24. The summed E-state index contributed by atoms with van der Waals surface area (Å²) in [5.41, 5.74) is 1.63. The van der Waals surface area contributed by atoms with Crippen molar-refractivity contribution < 1.29 is 14.2 Å². The fourth-order valence-corrected chi connectivity index (χ4v) is 3.09. The number of rotatable bonds is 5. The standard InChI is InChI=1S/C21H13FN4O4/c22-16-8-6-14(7-9-16)18-13-20(15-4-2-1-3-5-15)24(23-18)19-11-10-17(25(27)28)12-21(19)26(29)30/h1-13H. The van der Waals surface area contributed by atoms with Gasteiger partial charge >= 0.3 is 5.69 Å². The Bertz CT molecular complexity index is 1250. The van der Waals surface area contributed by atoms with Crippen LogP contribution < -0.4 is 0 Å². The fourth-order valence-electron chi connectivity index (χ4n) is 3.09. The van der Waals surface area contributed by atoms with E-state index in [1.54, 1.807) is 18.2 Å². The molecule has 4 aromatic rings. The lowest BCUT2D eigenvalue weighted by Crippen LogP contribution is -2.04. The first-order valence-corrected chi connectivity index (χ1v) is 8.78. The maximum absolute atomic E-state index is 13.3. The van der Waals surface area contributed by atoms with Crippen LogP contribution in [0.15, 0.2) is 78.9 Å². The van der Waals surface area contributed by atoms with Gasteiger partial charge in [0.15, 0.2) is 0 Å². The minimum Gasteiger partial charge on any atom is -0.258 e. The number of hydrogen-bond donors (Lipinski definition) is 0. The van der Waals surface area contributed by atoms with Gasteiger partial charge in [-0.1, -0.05) is 30.3 Å². The normalized spacial score (nSPS) is 10.7. The van der Waals surface area contributed by atoms with Crippen LogP contribution in [0.3, 0.4) is 0 Å².